The highest BCUT2D eigenvalue weighted by Gasteiger charge is 2.34. The summed E-state index contributed by atoms with van der Waals surface area (Å²) in [5.41, 5.74) is 1.84. The minimum atomic E-state index is -0.762. The minimum absolute atomic E-state index is 0.0913. The third kappa shape index (κ3) is 3.59. The minimum Gasteiger partial charge on any atom is -0.457 e. The molecular weight excluding hydrogens is 460 g/mol. The third-order valence-electron chi connectivity index (χ3n) is 5.83. The van der Waals surface area contributed by atoms with E-state index in [2.05, 4.69) is 6.58 Å². The van der Waals surface area contributed by atoms with Crippen molar-refractivity contribution in [2.45, 2.75) is 0 Å². The SMILES string of the molecule is C=C1OC(=O)c2cc(-c3cc4c(cc3Oc3ccccc3)C(=O)OC4=O)c(Oc3ccccc3)cc21. The lowest BCUT2D eigenvalue weighted by molar-refractivity contribution is 0.0443. The number of benzene rings is 4. The summed E-state index contributed by atoms with van der Waals surface area (Å²) in [6.45, 7) is 3.81. The summed E-state index contributed by atoms with van der Waals surface area (Å²) in [5.74, 6) is -0.153. The van der Waals surface area contributed by atoms with Gasteiger partial charge in [0.15, 0.2) is 0 Å². The Morgan fingerprint density at radius 2 is 0.917 bits per heavy atom. The number of hydrogen-bond donors (Lipinski definition) is 0. The zero-order chi connectivity index (χ0) is 24.8. The second-order valence-corrected chi connectivity index (χ2v) is 8.11. The van der Waals surface area contributed by atoms with Gasteiger partial charge in [0.1, 0.15) is 28.8 Å². The van der Waals surface area contributed by atoms with E-state index < -0.39 is 17.9 Å². The van der Waals surface area contributed by atoms with Crippen molar-refractivity contribution in [1.29, 1.82) is 0 Å². The summed E-state index contributed by atoms with van der Waals surface area (Å²) in [4.78, 5) is 37.2. The molecule has 0 amide bonds. The number of para-hydroxylation sites is 2. The van der Waals surface area contributed by atoms with E-state index in [1.807, 2.05) is 24.3 Å². The first-order valence-corrected chi connectivity index (χ1v) is 11.0. The topological polar surface area (TPSA) is 88.1 Å². The van der Waals surface area contributed by atoms with Crippen LogP contribution in [-0.2, 0) is 9.47 Å². The molecule has 0 atom stereocenters. The second kappa shape index (κ2) is 8.25. The van der Waals surface area contributed by atoms with E-state index in [4.69, 9.17) is 18.9 Å². The first-order valence-electron chi connectivity index (χ1n) is 11.0. The fourth-order valence-electron chi connectivity index (χ4n) is 4.13. The first kappa shape index (κ1) is 21.4. The molecule has 2 aliphatic heterocycles. The van der Waals surface area contributed by atoms with Gasteiger partial charge in [0.05, 0.1) is 16.7 Å². The Balaban J connectivity index is 1.59. The highest BCUT2D eigenvalue weighted by Crippen LogP contribution is 2.46. The van der Waals surface area contributed by atoms with E-state index in [-0.39, 0.29) is 22.6 Å². The average Bonchev–Trinajstić information content (AvgIpc) is 3.32. The molecule has 0 N–H and O–H groups in total. The summed E-state index contributed by atoms with van der Waals surface area (Å²) in [6, 6.07) is 24.3. The molecule has 2 aliphatic rings. The van der Waals surface area contributed by atoms with Gasteiger partial charge in [-0.05, 0) is 48.5 Å². The zero-order valence-corrected chi connectivity index (χ0v) is 18.6. The van der Waals surface area contributed by atoms with Crippen LogP contribution in [0.2, 0.25) is 0 Å². The molecule has 0 spiro atoms. The highest BCUT2D eigenvalue weighted by atomic mass is 16.6. The van der Waals surface area contributed by atoms with E-state index in [0.717, 1.165) is 0 Å². The fourth-order valence-corrected chi connectivity index (χ4v) is 4.13. The Hall–Kier alpha value is -5.17. The molecule has 2 heterocycles. The lowest BCUT2D eigenvalue weighted by Crippen LogP contribution is -2.00. The Kier molecular flexibility index (Phi) is 4.90. The van der Waals surface area contributed by atoms with Crippen LogP contribution >= 0.6 is 0 Å². The van der Waals surface area contributed by atoms with Crippen molar-refractivity contribution in [3.8, 4) is 34.1 Å². The van der Waals surface area contributed by atoms with E-state index in [1.54, 1.807) is 48.5 Å². The number of cyclic esters (lactones) is 3. The molecule has 0 aliphatic carbocycles. The smallest absolute Gasteiger partial charge is 0.347 e. The molecule has 174 valence electrons. The summed E-state index contributed by atoms with van der Waals surface area (Å²) in [7, 11) is 0. The van der Waals surface area contributed by atoms with Gasteiger partial charge in [-0.25, -0.2) is 14.4 Å². The Bertz CT molecular complexity index is 1470. The van der Waals surface area contributed by atoms with E-state index in [0.29, 0.717) is 39.5 Å². The van der Waals surface area contributed by atoms with E-state index in [1.165, 1.54) is 12.1 Å². The number of hydrogen-bond acceptors (Lipinski definition) is 7. The number of ether oxygens (including phenoxy) is 4. The standard InChI is InChI=1S/C29H16O7/c1-16-19-14-25(34-17-8-4-2-5-9-17)20(12-22(19)27(30)33-16)21-13-23-24(29(32)36-28(23)31)15-26(21)35-18-10-6-3-7-11-18/h2-15H,1H2. The number of fused-ring (bicyclic) bond motifs is 2. The Morgan fingerprint density at radius 3 is 1.44 bits per heavy atom. The largest absolute Gasteiger partial charge is 0.457 e. The highest BCUT2D eigenvalue weighted by molar-refractivity contribution is 6.16. The van der Waals surface area contributed by atoms with Crippen LogP contribution in [0.4, 0.5) is 0 Å². The Labute approximate surface area is 205 Å². The molecule has 7 nitrogen and oxygen atoms in total. The molecule has 0 saturated carbocycles. The summed E-state index contributed by atoms with van der Waals surface area (Å²) < 4.78 is 22.4. The molecule has 6 rings (SSSR count). The van der Waals surface area contributed by atoms with Crippen LogP contribution in [0.5, 0.6) is 23.0 Å². The van der Waals surface area contributed by atoms with Crippen LogP contribution in [0, 0.1) is 0 Å². The average molecular weight is 476 g/mol. The van der Waals surface area contributed by atoms with Gasteiger partial charge < -0.3 is 18.9 Å². The molecule has 7 heteroatoms. The molecule has 4 aromatic carbocycles. The van der Waals surface area contributed by atoms with Crippen molar-refractivity contribution in [2.75, 3.05) is 0 Å². The number of esters is 3. The summed E-state index contributed by atoms with van der Waals surface area (Å²) in [6.07, 6.45) is 0. The lowest BCUT2D eigenvalue weighted by Gasteiger charge is -2.17. The van der Waals surface area contributed by atoms with Gasteiger partial charge in [0, 0.05) is 16.7 Å². The van der Waals surface area contributed by atoms with Gasteiger partial charge in [-0.2, -0.15) is 0 Å². The van der Waals surface area contributed by atoms with Crippen LogP contribution in [0.1, 0.15) is 36.6 Å². The summed E-state index contributed by atoms with van der Waals surface area (Å²) >= 11 is 0. The van der Waals surface area contributed by atoms with Crippen molar-refractivity contribution in [1.82, 2.24) is 0 Å². The predicted molar refractivity (Wildman–Crippen MR) is 129 cm³/mol. The molecule has 0 radical (unpaired) electrons. The monoisotopic (exact) mass is 476 g/mol. The van der Waals surface area contributed by atoms with E-state index >= 15 is 0 Å². The van der Waals surface area contributed by atoms with Gasteiger partial charge in [-0.3, -0.25) is 0 Å². The van der Waals surface area contributed by atoms with Crippen LogP contribution in [0.25, 0.3) is 16.9 Å². The normalized spacial score (nSPS) is 13.7. The van der Waals surface area contributed by atoms with Crippen molar-refractivity contribution < 1.29 is 33.3 Å². The van der Waals surface area contributed by atoms with Crippen LogP contribution < -0.4 is 9.47 Å². The van der Waals surface area contributed by atoms with Crippen molar-refractivity contribution in [3.63, 3.8) is 0 Å². The molecule has 0 unspecified atom stereocenters. The molecule has 0 fully saturated rings. The second-order valence-electron chi connectivity index (χ2n) is 8.11. The van der Waals surface area contributed by atoms with E-state index in [9.17, 15) is 14.4 Å². The van der Waals surface area contributed by atoms with Crippen LogP contribution in [-0.4, -0.2) is 17.9 Å². The maximum atomic E-state index is 12.5. The molecule has 4 aromatic rings. The quantitative estimate of drug-likeness (QED) is 0.244. The Morgan fingerprint density at radius 1 is 0.500 bits per heavy atom. The molecule has 0 saturated heterocycles. The third-order valence-corrected chi connectivity index (χ3v) is 5.83. The number of carbonyl (C=O) groups excluding carboxylic acids is 3. The molecule has 0 aromatic heterocycles. The number of rotatable bonds is 5. The number of carbonyl (C=O) groups is 3. The van der Waals surface area contributed by atoms with Gasteiger partial charge >= 0.3 is 17.9 Å². The summed E-state index contributed by atoms with van der Waals surface area (Å²) in [5, 5.41) is 0. The molecule has 0 bridgehead atoms. The van der Waals surface area contributed by atoms with Crippen LogP contribution in [0.15, 0.2) is 91.5 Å². The first-order chi connectivity index (χ1) is 17.5. The molecular formula is C29H16O7. The van der Waals surface area contributed by atoms with Crippen molar-refractivity contribution in [3.05, 3.63) is 114 Å². The van der Waals surface area contributed by atoms with Gasteiger partial charge in [0.2, 0.25) is 0 Å². The maximum absolute atomic E-state index is 12.5. The van der Waals surface area contributed by atoms with Crippen LogP contribution in [0.3, 0.4) is 0 Å². The van der Waals surface area contributed by atoms with Gasteiger partial charge in [-0.1, -0.05) is 43.0 Å². The predicted octanol–water partition coefficient (Wildman–Crippen LogP) is 6.39. The fraction of sp³-hybridized carbons (Fsp3) is 0. The van der Waals surface area contributed by atoms with Gasteiger partial charge in [0.25, 0.3) is 0 Å². The van der Waals surface area contributed by atoms with Gasteiger partial charge in [-0.15, -0.1) is 0 Å². The molecule has 36 heavy (non-hydrogen) atoms. The lowest BCUT2D eigenvalue weighted by atomic mass is 9.94. The maximum Gasteiger partial charge on any atom is 0.347 e. The van der Waals surface area contributed by atoms with Crippen molar-refractivity contribution in [2.24, 2.45) is 0 Å². The zero-order valence-electron chi connectivity index (χ0n) is 18.6. The van der Waals surface area contributed by atoms with Crippen molar-refractivity contribution >= 4 is 23.7 Å².